The Bertz CT molecular complexity index is 2550. The topological polar surface area (TPSA) is 197 Å². The first-order valence-electron chi connectivity index (χ1n) is 18.8. The van der Waals surface area contributed by atoms with E-state index in [-0.39, 0.29) is 24.0 Å². The van der Waals surface area contributed by atoms with Crippen LogP contribution in [0.1, 0.15) is 40.0 Å². The number of nitrogens with one attached hydrogen (secondary N) is 3. The van der Waals surface area contributed by atoms with E-state index in [1.807, 2.05) is 36.4 Å². The van der Waals surface area contributed by atoms with Gasteiger partial charge in [0.05, 0.1) is 54.2 Å². The molecule has 58 heavy (non-hydrogen) atoms. The van der Waals surface area contributed by atoms with Crippen molar-refractivity contribution in [1.29, 1.82) is 0 Å². The van der Waals surface area contributed by atoms with Crippen molar-refractivity contribution in [3.05, 3.63) is 90.1 Å². The van der Waals surface area contributed by atoms with Gasteiger partial charge in [-0.05, 0) is 61.4 Å². The number of methoxy groups -OCH3 is 1. The van der Waals surface area contributed by atoms with E-state index in [2.05, 4.69) is 30.1 Å². The molecule has 3 N–H and O–H groups in total. The van der Waals surface area contributed by atoms with Gasteiger partial charge in [0.2, 0.25) is 27.8 Å². The van der Waals surface area contributed by atoms with Crippen LogP contribution in [0.15, 0.2) is 79.0 Å². The van der Waals surface area contributed by atoms with Crippen molar-refractivity contribution in [3.8, 4) is 22.8 Å². The molecule has 2 fully saturated rings. The molecule has 300 valence electrons. The number of hydrogen-bond donors (Lipinski definition) is 3. The van der Waals surface area contributed by atoms with E-state index in [0.29, 0.717) is 41.8 Å². The van der Waals surface area contributed by atoms with Crippen molar-refractivity contribution in [1.82, 2.24) is 29.7 Å². The van der Waals surface area contributed by atoms with Crippen molar-refractivity contribution in [2.75, 3.05) is 67.6 Å². The Balaban J connectivity index is 0.850. The lowest BCUT2D eigenvalue weighted by molar-refractivity contribution is -0.136. The van der Waals surface area contributed by atoms with Gasteiger partial charge in [-0.2, -0.15) is 0 Å². The number of fused-ring (bicyclic) bond motifs is 2. The minimum absolute atomic E-state index is 0.0554. The average molecular weight is 808 g/mol. The zero-order valence-corrected chi connectivity index (χ0v) is 32.6. The number of nitrogens with zero attached hydrogens (tertiary/aromatic N) is 6. The normalized spacial score (nSPS) is 17.4. The van der Waals surface area contributed by atoms with Crippen LogP contribution in [0, 0.1) is 0 Å². The number of ether oxygens (including phenoxy) is 2. The Hall–Kier alpha value is -6.53. The maximum atomic E-state index is 13.4. The van der Waals surface area contributed by atoms with Gasteiger partial charge in [0.25, 0.3) is 11.8 Å². The smallest absolute Gasteiger partial charge is 0.266 e. The van der Waals surface area contributed by atoms with E-state index >= 15 is 0 Å². The Morgan fingerprint density at radius 1 is 0.914 bits per heavy atom. The third kappa shape index (κ3) is 7.88. The van der Waals surface area contributed by atoms with Gasteiger partial charge in [-0.1, -0.05) is 18.2 Å². The molecule has 3 aliphatic heterocycles. The predicted molar refractivity (Wildman–Crippen MR) is 215 cm³/mol. The number of piperidine rings is 1. The zero-order valence-electron chi connectivity index (χ0n) is 31.8. The third-order valence-electron chi connectivity index (χ3n) is 10.3. The zero-order chi connectivity index (χ0) is 40.6. The number of carbonyl (C=O) groups excluding carboxylic acids is 4. The number of anilines is 4. The summed E-state index contributed by atoms with van der Waals surface area (Å²) in [6.45, 7) is 4.37. The maximum Gasteiger partial charge on any atom is 0.266 e. The highest BCUT2D eigenvalue weighted by Gasteiger charge is 2.46. The summed E-state index contributed by atoms with van der Waals surface area (Å²) in [6.07, 6.45) is 3.66. The highest BCUT2D eigenvalue weighted by atomic mass is 32.2. The molecule has 2 saturated heterocycles. The van der Waals surface area contributed by atoms with Gasteiger partial charge in [0.15, 0.2) is 0 Å². The number of hydrogen-bond acceptors (Lipinski definition) is 13. The van der Waals surface area contributed by atoms with Crippen LogP contribution in [0.25, 0.3) is 16.8 Å². The fourth-order valence-corrected chi connectivity index (χ4v) is 8.09. The highest BCUT2D eigenvalue weighted by Crippen LogP contribution is 2.35. The standard InChI is InChI=1S/C40H41N9O8S/c1-56-34-23-27(10-12-30(34)42-40-41-24-28-11-13-31(49(28)44-40)25-6-3-7-26(22-25)45-58(2,54)55)47-19-17-46(18-20-47)16-5-21-57-33-9-4-8-29-36(33)39(53)48(38(29)52)32-14-15-35(50)43-37(32)51/h3-4,6-13,22-24,32,45H,5,14-21H2,1-2H3,(H,42,44)(H,43,50,51). The molecule has 3 aliphatic rings. The second-order valence-electron chi connectivity index (χ2n) is 14.3. The molecule has 0 bridgehead atoms. The average Bonchev–Trinajstić information content (AvgIpc) is 3.74. The van der Waals surface area contributed by atoms with Crippen molar-refractivity contribution in [2.45, 2.75) is 25.3 Å². The first kappa shape index (κ1) is 38.3. The number of benzene rings is 3. The summed E-state index contributed by atoms with van der Waals surface area (Å²) >= 11 is 0. The Morgan fingerprint density at radius 3 is 2.50 bits per heavy atom. The molecule has 0 aliphatic carbocycles. The van der Waals surface area contributed by atoms with Crippen molar-refractivity contribution < 1.29 is 37.1 Å². The number of sulfonamides is 1. The molecule has 0 saturated carbocycles. The van der Waals surface area contributed by atoms with Gasteiger partial charge < -0.3 is 19.7 Å². The lowest BCUT2D eigenvalue weighted by atomic mass is 10.0. The van der Waals surface area contributed by atoms with E-state index in [1.165, 1.54) is 0 Å². The SMILES string of the molecule is COc1cc(N2CCN(CCCOc3cccc4c3C(=O)N(C3CCC(=O)NC3=O)C4=O)CC2)ccc1Nc1ncc2ccc(-c3cccc(NS(C)(=O)=O)c3)n2n1. The Morgan fingerprint density at radius 2 is 1.72 bits per heavy atom. The summed E-state index contributed by atoms with van der Waals surface area (Å²) < 4.78 is 39.6. The minimum atomic E-state index is -3.43. The highest BCUT2D eigenvalue weighted by molar-refractivity contribution is 7.92. The summed E-state index contributed by atoms with van der Waals surface area (Å²) in [7, 11) is -1.82. The maximum absolute atomic E-state index is 13.4. The Labute approximate surface area is 334 Å². The summed E-state index contributed by atoms with van der Waals surface area (Å²) in [5, 5.41) is 10.2. The molecule has 0 spiro atoms. The van der Waals surface area contributed by atoms with E-state index in [1.54, 1.807) is 54.2 Å². The van der Waals surface area contributed by atoms with Crippen LogP contribution in [0.5, 0.6) is 11.5 Å². The molecular formula is C40H41N9O8S. The number of rotatable bonds is 13. The molecule has 5 aromatic rings. The molecular weight excluding hydrogens is 767 g/mol. The fraction of sp³-hybridized carbons (Fsp3) is 0.300. The lowest BCUT2D eigenvalue weighted by Crippen LogP contribution is -2.54. The molecule has 2 aromatic heterocycles. The predicted octanol–water partition coefficient (Wildman–Crippen LogP) is 3.51. The van der Waals surface area contributed by atoms with Crippen LogP contribution in [-0.4, -0.2) is 115 Å². The van der Waals surface area contributed by atoms with E-state index in [4.69, 9.17) is 14.6 Å². The quantitative estimate of drug-likeness (QED) is 0.116. The van der Waals surface area contributed by atoms with Crippen LogP contribution in [0.4, 0.5) is 23.0 Å². The summed E-state index contributed by atoms with van der Waals surface area (Å²) in [5.74, 6) is -0.944. The molecule has 17 nitrogen and oxygen atoms in total. The van der Waals surface area contributed by atoms with Gasteiger partial charge in [-0.3, -0.25) is 39.0 Å². The summed E-state index contributed by atoms with van der Waals surface area (Å²) in [6, 6.07) is 20.7. The van der Waals surface area contributed by atoms with E-state index < -0.39 is 39.7 Å². The van der Waals surface area contributed by atoms with Crippen molar-refractivity contribution in [2.24, 2.45) is 0 Å². The molecule has 5 heterocycles. The second kappa shape index (κ2) is 15.8. The van der Waals surface area contributed by atoms with Crippen LogP contribution < -0.4 is 29.7 Å². The molecule has 4 amide bonds. The van der Waals surface area contributed by atoms with Gasteiger partial charge >= 0.3 is 0 Å². The number of aromatic nitrogens is 3. The Kier molecular flexibility index (Phi) is 10.4. The molecule has 8 rings (SSSR count). The van der Waals surface area contributed by atoms with Gasteiger partial charge in [-0.15, -0.1) is 5.10 Å². The largest absolute Gasteiger partial charge is 0.494 e. The molecule has 1 unspecified atom stereocenters. The third-order valence-corrected chi connectivity index (χ3v) is 10.9. The second-order valence-corrected chi connectivity index (χ2v) is 16.0. The summed E-state index contributed by atoms with van der Waals surface area (Å²) in [5.41, 5.74) is 4.81. The van der Waals surface area contributed by atoms with Crippen LogP contribution in [0.3, 0.4) is 0 Å². The molecule has 1 atom stereocenters. The molecule has 18 heteroatoms. The first-order chi connectivity index (χ1) is 28.0. The fourth-order valence-electron chi connectivity index (χ4n) is 7.54. The van der Waals surface area contributed by atoms with Crippen molar-refractivity contribution in [3.63, 3.8) is 0 Å². The first-order valence-corrected chi connectivity index (χ1v) is 20.7. The van der Waals surface area contributed by atoms with Crippen LogP contribution in [-0.2, 0) is 19.6 Å². The van der Waals surface area contributed by atoms with Gasteiger partial charge in [-0.25, -0.2) is 17.9 Å². The number of amides is 4. The molecule has 0 radical (unpaired) electrons. The molecule has 3 aromatic carbocycles. The number of imide groups is 2. The number of carbonyl (C=O) groups is 4. The van der Waals surface area contributed by atoms with Crippen LogP contribution in [0.2, 0.25) is 0 Å². The van der Waals surface area contributed by atoms with Crippen LogP contribution >= 0.6 is 0 Å². The van der Waals surface area contributed by atoms with E-state index in [0.717, 1.165) is 66.3 Å². The number of piperazine rings is 1. The lowest BCUT2D eigenvalue weighted by Gasteiger charge is -2.36. The minimum Gasteiger partial charge on any atom is -0.494 e. The van der Waals surface area contributed by atoms with Gasteiger partial charge in [0, 0.05) is 62.1 Å². The summed E-state index contributed by atoms with van der Waals surface area (Å²) in [4.78, 5) is 60.7. The van der Waals surface area contributed by atoms with E-state index in [9.17, 15) is 27.6 Å². The van der Waals surface area contributed by atoms with Crippen molar-refractivity contribution >= 4 is 62.2 Å². The van der Waals surface area contributed by atoms with Gasteiger partial charge in [0.1, 0.15) is 17.5 Å². The monoisotopic (exact) mass is 807 g/mol.